The molecule has 5 heteroatoms. The van der Waals surface area contributed by atoms with E-state index in [2.05, 4.69) is 10.3 Å². The maximum atomic E-state index is 12.6. The average Bonchev–Trinajstić information content (AvgIpc) is 3.32. The number of nitrogens with one attached hydrogen (secondary N) is 1. The van der Waals surface area contributed by atoms with Gasteiger partial charge in [-0.15, -0.1) is 0 Å². The van der Waals surface area contributed by atoms with E-state index in [9.17, 15) is 9.59 Å². The number of nitrogens with zero attached hydrogens (tertiary/aromatic N) is 2. The molecule has 5 aliphatic carbocycles. The second-order valence-corrected chi connectivity index (χ2v) is 9.33. The summed E-state index contributed by atoms with van der Waals surface area (Å²) in [6, 6.07) is 5.04. The normalized spacial score (nSPS) is 45.9. The largest absolute Gasteiger partial charge is 0.325 e. The van der Waals surface area contributed by atoms with E-state index in [1.54, 1.807) is 6.20 Å². The zero-order valence-corrected chi connectivity index (χ0v) is 14.9. The number of amides is 3. The molecule has 0 radical (unpaired) electrons. The molecule has 1 aromatic rings. The van der Waals surface area contributed by atoms with E-state index < -0.39 is 6.04 Å². The molecular formula is C21H25N3O2. The van der Waals surface area contributed by atoms with Gasteiger partial charge in [0.05, 0.1) is 5.69 Å². The Morgan fingerprint density at radius 3 is 2.35 bits per heavy atom. The summed E-state index contributed by atoms with van der Waals surface area (Å²) in [4.78, 5) is 31.2. The second-order valence-electron chi connectivity index (χ2n) is 9.33. The predicted molar refractivity (Wildman–Crippen MR) is 94.8 cm³/mol. The summed E-state index contributed by atoms with van der Waals surface area (Å²) < 4.78 is 0. The summed E-state index contributed by atoms with van der Waals surface area (Å²) in [6.07, 6.45) is 9.89. The van der Waals surface area contributed by atoms with Gasteiger partial charge in [0.2, 0.25) is 0 Å². The van der Waals surface area contributed by atoms with Gasteiger partial charge >= 0.3 is 6.03 Å². The van der Waals surface area contributed by atoms with E-state index >= 15 is 0 Å². The molecule has 5 nitrogen and oxygen atoms in total. The number of pyridine rings is 1. The second kappa shape index (κ2) is 5.30. The molecule has 3 unspecified atom stereocenters. The van der Waals surface area contributed by atoms with Crippen molar-refractivity contribution in [1.29, 1.82) is 0 Å². The predicted octanol–water partition coefficient (Wildman–Crippen LogP) is 3.14. The number of carbonyl (C=O) groups excluding carboxylic acids is 2. The molecule has 6 fully saturated rings. The molecule has 2 heterocycles. The smallest absolute Gasteiger partial charge is 0.303 e. The Morgan fingerprint density at radius 1 is 0.962 bits per heavy atom. The first kappa shape index (κ1) is 15.2. The highest BCUT2D eigenvalue weighted by molar-refractivity contribution is 6.04. The Kier molecular flexibility index (Phi) is 3.10. The topological polar surface area (TPSA) is 62.3 Å². The average molecular weight is 351 g/mol. The summed E-state index contributed by atoms with van der Waals surface area (Å²) in [5.41, 5.74) is 0.687. The zero-order valence-electron chi connectivity index (χ0n) is 14.9. The van der Waals surface area contributed by atoms with Gasteiger partial charge in [-0.1, -0.05) is 6.07 Å². The lowest BCUT2D eigenvalue weighted by molar-refractivity contribution is -0.121. The minimum atomic E-state index is -0.546. The van der Waals surface area contributed by atoms with Gasteiger partial charge in [0.1, 0.15) is 0 Å². The Labute approximate surface area is 153 Å². The van der Waals surface area contributed by atoms with Gasteiger partial charge in [0.15, 0.2) is 6.04 Å². The van der Waals surface area contributed by atoms with Crippen molar-refractivity contribution < 1.29 is 9.59 Å². The van der Waals surface area contributed by atoms with E-state index in [-0.39, 0.29) is 18.0 Å². The van der Waals surface area contributed by atoms with Crippen LogP contribution >= 0.6 is 0 Å². The van der Waals surface area contributed by atoms with Crippen LogP contribution in [0, 0.1) is 35.5 Å². The summed E-state index contributed by atoms with van der Waals surface area (Å²) >= 11 is 0. The first-order valence-corrected chi connectivity index (χ1v) is 10.2. The lowest BCUT2D eigenvalue weighted by atomic mass is 9.51. The Morgan fingerprint density at radius 2 is 1.69 bits per heavy atom. The monoisotopic (exact) mass is 351 g/mol. The summed E-state index contributed by atoms with van der Waals surface area (Å²) in [5, 5.41) is 2.53. The van der Waals surface area contributed by atoms with Gasteiger partial charge in [0, 0.05) is 12.2 Å². The van der Waals surface area contributed by atoms with Crippen molar-refractivity contribution in [1.82, 2.24) is 15.2 Å². The van der Waals surface area contributed by atoms with Crippen molar-refractivity contribution in [3.63, 3.8) is 0 Å². The number of hydrogen-bond acceptors (Lipinski definition) is 3. The number of imide groups is 1. The standard InChI is InChI=1S/C21H25N3O2/c25-20-19(16-3-1-2-4-22-16)24(21(26)23-20)17-10-15(17)18-13-6-11-5-12(8-13)9-14(18)7-11/h1-4,11-15,17-19H,5-10H2,(H,23,25,26). The van der Waals surface area contributed by atoms with Gasteiger partial charge in [-0.05, 0) is 86.2 Å². The first-order chi connectivity index (χ1) is 12.7. The summed E-state index contributed by atoms with van der Waals surface area (Å²) in [7, 11) is 0. The third kappa shape index (κ3) is 2.12. The van der Waals surface area contributed by atoms with Gasteiger partial charge in [-0.2, -0.15) is 0 Å². The third-order valence-electron chi connectivity index (χ3n) is 7.92. The van der Waals surface area contributed by atoms with Crippen LogP contribution in [0.1, 0.15) is 50.3 Å². The number of hydrogen-bond donors (Lipinski definition) is 1. The highest BCUT2D eigenvalue weighted by Crippen LogP contribution is 2.63. The fraction of sp³-hybridized carbons (Fsp3) is 0.667. The minimum absolute atomic E-state index is 0.218. The molecule has 1 aliphatic heterocycles. The molecule has 6 aliphatic rings. The molecule has 136 valence electrons. The van der Waals surface area contributed by atoms with Crippen molar-refractivity contribution >= 4 is 11.9 Å². The number of carbonyl (C=O) groups is 2. The molecule has 5 saturated carbocycles. The quantitative estimate of drug-likeness (QED) is 0.851. The molecule has 26 heavy (non-hydrogen) atoms. The highest BCUT2D eigenvalue weighted by atomic mass is 16.2. The van der Waals surface area contributed by atoms with Crippen molar-refractivity contribution in [2.24, 2.45) is 35.5 Å². The molecule has 0 aromatic carbocycles. The SMILES string of the molecule is O=C1NC(=O)N(C2CC2C2C3CC4CC(C3)CC2C4)C1c1ccccn1. The number of urea groups is 1. The van der Waals surface area contributed by atoms with Crippen LogP contribution in [0.5, 0.6) is 0 Å². The van der Waals surface area contributed by atoms with Crippen LogP contribution in [-0.2, 0) is 4.79 Å². The Balaban J connectivity index is 1.26. The van der Waals surface area contributed by atoms with Gasteiger partial charge in [-0.3, -0.25) is 15.1 Å². The van der Waals surface area contributed by atoms with Crippen LogP contribution in [0.2, 0.25) is 0 Å². The minimum Gasteiger partial charge on any atom is -0.303 e. The molecule has 1 aromatic heterocycles. The van der Waals surface area contributed by atoms with Crippen LogP contribution in [0.15, 0.2) is 24.4 Å². The van der Waals surface area contributed by atoms with Crippen molar-refractivity contribution in [2.45, 2.75) is 50.6 Å². The van der Waals surface area contributed by atoms with Crippen LogP contribution in [0.4, 0.5) is 4.79 Å². The Hall–Kier alpha value is -1.91. The molecule has 4 bridgehead atoms. The van der Waals surface area contributed by atoms with E-state index in [1.807, 2.05) is 23.1 Å². The summed E-state index contributed by atoms with van der Waals surface area (Å²) in [6.45, 7) is 0. The van der Waals surface area contributed by atoms with E-state index in [0.29, 0.717) is 11.6 Å². The van der Waals surface area contributed by atoms with Crippen LogP contribution < -0.4 is 5.32 Å². The number of rotatable bonds is 3. The molecular weight excluding hydrogens is 326 g/mol. The van der Waals surface area contributed by atoms with Crippen molar-refractivity contribution in [2.75, 3.05) is 0 Å². The fourth-order valence-electron chi connectivity index (χ4n) is 7.24. The fourth-order valence-corrected chi connectivity index (χ4v) is 7.24. The molecule has 3 atom stereocenters. The van der Waals surface area contributed by atoms with E-state index in [1.165, 1.54) is 32.1 Å². The van der Waals surface area contributed by atoms with Crippen LogP contribution in [-0.4, -0.2) is 27.9 Å². The molecule has 1 N–H and O–H groups in total. The first-order valence-electron chi connectivity index (χ1n) is 10.2. The van der Waals surface area contributed by atoms with Crippen LogP contribution in [0.3, 0.4) is 0 Å². The number of aromatic nitrogens is 1. The lowest BCUT2D eigenvalue weighted by Gasteiger charge is -2.55. The zero-order chi connectivity index (χ0) is 17.4. The maximum Gasteiger partial charge on any atom is 0.325 e. The maximum absolute atomic E-state index is 12.6. The van der Waals surface area contributed by atoms with Crippen molar-refractivity contribution in [3.8, 4) is 0 Å². The lowest BCUT2D eigenvalue weighted by Crippen LogP contribution is -2.47. The molecule has 7 rings (SSSR count). The molecule has 3 amide bonds. The van der Waals surface area contributed by atoms with Gasteiger partial charge in [-0.25, -0.2) is 4.79 Å². The van der Waals surface area contributed by atoms with Crippen molar-refractivity contribution in [3.05, 3.63) is 30.1 Å². The summed E-state index contributed by atoms with van der Waals surface area (Å²) in [5.74, 6) is 4.84. The van der Waals surface area contributed by atoms with Gasteiger partial charge in [0.25, 0.3) is 5.91 Å². The molecule has 1 saturated heterocycles. The Bertz CT molecular complexity index is 736. The van der Waals surface area contributed by atoms with Crippen LogP contribution in [0.25, 0.3) is 0 Å². The van der Waals surface area contributed by atoms with E-state index in [4.69, 9.17) is 0 Å². The van der Waals surface area contributed by atoms with E-state index in [0.717, 1.165) is 36.0 Å². The highest BCUT2D eigenvalue weighted by Gasteiger charge is 2.60. The molecule has 0 spiro atoms. The third-order valence-corrected chi connectivity index (χ3v) is 7.92. The van der Waals surface area contributed by atoms with Gasteiger partial charge < -0.3 is 4.90 Å².